The van der Waals surface area contributed by atoms with Crippen molar-refractivity contribution in [1.29, 1.82) is 0 Å². The molecule has 1 atom stereocenters. The minimum Gasteiger partial charge on any atom is -0.467 e. The fourth-order valence-corrected chi connectivity index (χ4v) is 1.55. The maximum absolute atomic E-state index is 5.24. The third-order valence-corrected chi connectivity index (χ3v) is 2.27. The quantitative estimate of drug-likeness (QED) is 0.816. The number of aromatic nitrogens is 2. The van der Waals surface area contributed by atoms with Crippen LogP contribution in [0.1, 0.15) is 18.7 Å². The van der Waals surface area contributed by atoms with Crippen LogP contribution in [0.2, 0.25) is 0 Å². The molecule has 4 nitrogen and oxygen atoms in total. The molecule has 13 heavy (non-hydrogen) atoms. The summed E-state index contributed by atoms with van der Waals surface area (Å²) in [4.78, 5) is 4.02. The van der Waals surface area contributed by atoms with Crippen molar-refractivity contribution < 1.29 is 4.42 Å². The molecule has 1 N–H and O–H groups in total. The van der Waals surface area contributed by atoms with Crippen LogP contribution in [0.25, 0.3) is 0 Å². The van der Waals surface area contributed by atoms with Gasteiger partial charge in [-0.1, -0.05) is 0 Å². The summed E-state index contributed by atoms with van der Waals surface area (Å²) in [5.74, 6) is 0.898. The van der Waals surface area contributed by atoms with E-state index in [1.807, 2.05) is 19.1 Å². The van der Waals surface area contributed by atoms with Gasteiger partial charge in [0.15, 0.2) is 0 Å². The lowest BCUT2D eigenvalue weighted by molar-refractivity contribution is 0.490. The van der Waals surface area contributed by atoms with Crippen LogP contribution in [0.3, 0.4) is 0 Å². The van der Waals surface area contributed by atoms with Crippen LogP contribution >= 0.6 is 11.5 Å². The van der Waals surface area contributed by atoms with Crippen LogP contribution in [0.4, 0.5) is 5.13 Å². The maximum atomic E-state index is 5.24. The summed E-state index contributed by atoms with van der Waals surface area (Å²) < 4.78 is 9.13. The summed E-state index contributed by atoms with van der Waals surface area (Å²) in [6.07, 6.45) is 3.19. The average molecular weight is 195 g/mol. The van der Waals surface area contributed by atoms with E-state index in [0.29, 0.717) is 0 Å². The van der Waals surface area contributed by atoms with Crippen molar-refractivity contribution in [2.24, 2.45) is 0 Å². The molecule has 0 bridgehead atoms. The fraction of sp³-hybridized carbons (Fsp3) is 0.250. The molecule has 0 saturated carbocycles. The average Bonchev–Trinajstić information content (AvgIpc) is 2.74. The van der Waals surface area contributed by atoms with Gasteiger partial charge in [-0.2, -0.15) is 4.37 Å². The SMILES string of the molecule is CC(Nc1ncns1)c1ccco1. The van der Waals surface area contributed by atoms with Gasteiger partial charge in [0.1, 0.15) is 12.1 Å². The Kier molecular flexibility index (Phi) is 2.27. The lowest BCUT2D eigenvalue weighted by Crippen LogP contribution is -2.04. The van der Waals surface area contributed by atoms with Crippen molar-refractivity contribution in [3.05, 3.63) is 30.5 Å². The molecule has 0 aliphatic carbocycles. The Morgan fingerprint density at radius 1 is 1.62 bits per heavy atom. The highest BCUT2D eigenvalue weighted by atomic mass is 32.1. The van der Waals surface area contributed by atoms with E-state index in [1.54, 1.807) is 6.26 Å². The number of hydrogen-bond acceptors (Lipinski definition) is 5. The van der Waals surface area contributed by atoms with Gasteiger partial charge in [0.2, 0.25) is 5.13 Å². The first-order valence-electron chi connectivity index (χ1n) is 3.93. The van der Waals surface area contributed by atoms with Crippen LogP contribution in [-0.4, -0.2) is 9.36 Å². The summed E-state index contributed by atoms with van der Waals surface area (Å²) in [7, 11) is 0. The molecule has 0 aliphatic rings. The van der Waals surface area contributed by atoms with E-state index in [1.165, 1.54) is 17.9 Å². The first-order chi connectivity index (χ1) is 6.36. The largest absolute Gasteiger partial charge is 0.467 e. The highest BCUT2D eigenvalue weighted by Crippen LogP contribution is 2.19. The molecule has 2 aromatic rings. The lowest BCUT2D eigenvalue weighted by atomic mass is 10.3. The summed E-state index contributed by atoms with van der Waals surface area (Å²) in [5.41, 5.74) is 0. The predicted molar refractivity (Wildman–Crippen MR) is 50.7 cm³/mol. The maximum Gasteiger partial charge on any atom is 0.202 e. The van der Waals surface area contributed by atoms with Crippen molar-refractivity contribution >= 4 is 16.7 Å². The van der Waals surface area contributed by atoms with E-state index >= 15 is 0 Å². The molecule has 1 unspecified atom stereocenters. The van der Waals surface area contributed by atoms with Crippen LogP contribution < -0.4 is 5.32 Å². The van der Waals surface area contributed by atoms with Gasteiger partial charge in [0, 0.05) is 11.5 Å². The molecule has 68 valence electrons. The van der Waals surface area contributed by atoms with Gasteiger partial charge in [-0.25, -0.2) is 4.98 Å². The van der Waals surface area contributed by atoms with Crippen molar-refractivity contribution in [2.45, 2.75) is 13.0 Å². The summed E-state index contributed by atoms with van der Waals surface area (Å²) >= 11 is 1.33. The van der Waals surface area contributed by atoms with Gasteiger partial charge in [0.05, 0.1) is 12.3 Å². The Bertz CT molecular complexity index is 343. The Morgan fingerprint density at radius 3 is 3.15 bits per heavy atom. The van der Waals surface area contributed by atoms with Crippen LogP contribution in [0.5, 0.6) is 0 Å². The van der Waals surface area contributed by atoms with Crippen LogP contribution in [0.15, 0.2) is 29.1 Å². The second-order valence-electron chi connectivity index (χ2n) is 2.63. The number of nitrogens with zero attached hydrogens (tertiary/aromatic N) is 2. The smallest absolute Gasteiger partial charge is 0.202 e. The van der Waals surface area contributed by atoms with Crippen molar-refractivity contribution in [2.75, 3.05) is 5.32 Å². The van der Waals surface area contributed by atoms with E-state index < -0.39 is 0 Å². The molecular weight excluding hydrogens is 186 g/mol. The Morgan fingerprint density at radius 2 is 2.54 bits per heavy atom. The molecule has 2 aromatic heterocycles. The van der Waals surface area contributed by atoms with Crippen molar-refractivity contribution in [3.8, 4) is 0 Å². The summed E-state index contributed by atoms with van der Waals surface area (Å²) in [5, 5.41) is 3.98. The zero-order valence-corrected chi connectivity index (χ0v) is 7.91. The molecule has 0 saturated heterocycles. The third kappa shape index (κ3) is 1.86. The van der Waals surface area contributed by atoms with Crippen molar-refractivity contribution in [1.82, 2.24) is 9.36 Å². The molecule has 0 aliphatic heterocycles. The summed E-state index contributed by atoms with van der Waals surface area (Å²) in [6.45, 7) is 2.01. The van der Waals surface area contributed by atoms with Crippen LogP contribution in [-0.2, 0) is 0 Å². The molecule has 0 fully saturated rings. The number of furan rings is 1. The zero-order chi connectivity index (χ0) is 9.10. The standard InChI is InChI=1S/C8H9N3OS/c1-6(7-3-2-4-12-7)11-8-9-5-10-13-8/h2-6H,1H3,(H,9,10,11). The van der Waals surface area contributed by atoms with Gasteiger partial charge in [-0.3, -0.25) is 0 Å². The van der Waals surface area contributed by atoms with Crippen molar-refractivity contribution in [3.63, 3.8) is 0 Å². The Balaban J connectivity index is 2.04. The first-order valence-corrected chi connectivity index (χ1v) is 4.70. The second-order valence-corrected chi connectivity index (χ2v) is 3.41. The highest BCUT2D eigenvalue weighted by molar-refractivity contribution is 7.09. The van der Waals surface area contributed by atoms with Crippen LogP contribution in [0, 0.1) is 0 Å². The minimum atomic E-state index is 0.128. The van der Waals surface area contributed by atoms with E-state index in [9.17, 15) is 0 Å². The first kappa shape index (κ1) is 8.25. The Labute approximate surface area is 79.8 Å². The molecule has 0 radical (unpaired) electrons. The predicted octanol–water partition coefficient (Wildman–Crippen LogP) is 2.30. The van der Waals surface area contributed by atoms with E-state index in [2.05, 4.69) is 14.7 Å². The van der Waals surface area contributed by atoms with Gasteiger partial charge in [0.25, 0.3) is 0 Å². The third-order valence-electron chi connectivity index (χ3n) is 1.67. The highest BCUT2D eigenvalue weighted by Gasteiger charge is 2.08. The molecule has 5 heteroatoms. The molecule has 0 amide bonds. The lowest BCUT2D eigenvalue weighted by Gasteiger charge is -2.08. The van der Waals surface area contributed by atoms with E-state index in [-0.39, 0.29) is 6.04 Å². The summed E-state index contributed by atoms with van der Waals surface area (Å²) in [6, 6.07) is 3.93. The molecule has 2 heterocycles. The number of nitrogens with one attached hydrogen (secondary N) is 1. The number of anilines is 1. The van der Waals surface area contributed by atoms with Gasteiger partial charge in [-0.15, -0.1) is 0 Å². The minimum absolute atomic E-state index is 0.128. The number of hydrogen-bond donors (Lipinski definition) is 1. The topological polar surface area (TPSA) is 51.0 Å². The monoisotopic (exact) mass is 195 g/mol. The van der Waals surface area contributed by atoms with Gasteiger partial charge in [-0.05, 0) is 19.1 Å². The van der Waals surface area contributed by atoms with Gasteiger partial charge >= 0.3 is 0 Å². The normalized spacial score (nSPS) is 12.7. The second kappa shape index (κ2) is 3.57. The Hall–Kier alpha value is -1.36. The zero-order valence-electron chi connectivity index (χ0n) is 7.10. The fourth-order valence-electron chi connectivity index (χ4n) is 1.03. The molecule has 2 rings (SSSR count). The van der Waals surface area contributed by atoms with E-state index in [4.69, 9.17) is 4.42 Å². The van der Waals surface area contributed by atoms with E-state index in [0.717, 1.165) is 10.9 Å². The molecular formula is C8H9N3OS. The molecule has 0 aromatic carbocycles. The molecule has 0 spiro atoms. The number of rotatable bonds is 3. The van der Waals surface area contributed by atoms with Gasteiger partial charge < -0.3 is 9.73 Å².